The second kappa shape index (κ2) is 12.2. The van der Waals surface area contributed by atoms with Crippen LogP contribution in [0.25, 0.3) is 0 Å². The van der Waals surface area contributed by atoms with E-state index in [0.717, 1.165) is 54.5 Å². The minimum Gasteiger partial charge on any atom is -1.00 e. The van der Waals surface area contributed by atoms with Crippen molar-refractivity contribution in [2.45, 2.75) is 69.7 Å². The van der Waals surface area contributed by atoms with E-state index < -0.39 is 0 Å². The van der Waals surface area contributed by atoms with Crippen molar-refractivity contribution in [2.24, 2.45) is 5.92 Å². The number of amides is 1. The summed E-state index contributed by atoms with van der Waals surface area (Å²) in [7, 11) is 4.09. The molecule has 36 heavy (non-hydrogen) atoms. The highest BCUT2D eigenvalue weighted by atomic mass is 127. The fraction of sp³-hybridized carbons (Fsp3) is 0.567. The topological polar surface area (TPSA) is 47.6 Å². The third-order valence-electron chi connectivity index (χ3n) is 8.55. The van der Waals surface area contributed by atoms with E-state index in [1.165, 1.54) is 56.0 Å². The van der Waals surface area contributed by atoms with Gasteiger partial charge in [-0.1, -0.05) is 56.4 Å². The molecule has 0 bridgehead atoms. The maximum absolute atomic E-state index is 13.7. The molecular formula is C30H41IN2O3. The van der Waals surface area contributed by atoms with Gasteiger partial charge in [-0.2, -0.15) is 0 Å². The minimum atomic E-state index is -0.362. The minimum absolute atomic E-state index is 0. The summed E-state index contributed by atoms with van der Waals surface area (Å²) >= 11 is 0. The van der Waals surface area contributed by atoms with Crippen LogP contribution in [0.3, 0.4) is 0 Å². The molecule has 1 aliphatic carbocycles. The Morgan fingerprint density at radius 3 is 2.33 bits per heavy atom. The molecular weight excluding hydrogens is 563 g/mol. The maximum atomic E-state index is 13.7. The Hall–Kier alpha value is -1.80. The second-order valence-corrected chi connectivity index (χ2v) is 11.2. The first-order valence-electron chi connectivity index (χ1n) is 13.6. The summed E-state index contributed by atoms with van der Waals surface area (Å²) in [6, 6.07) is 13.9. The molecule has 2 aromatic carbocycles. The number of carbonyl (C=O) groups is 1. The standard InChI is InChI=1S/C30H40N2O3.HI/c1-32(21-22-10-6-4-3-5-7-11-22)18-16-23(17-19-32)31-30(33)29-25-12-8-9-13-27(25)35-28-20-24(34-2)14-15-26(28)29;/h8-9,12-15,20,22-23,29H,3-7,10-11,16-19,21H2,1-2H3;1H. The number of piperidine rings is 1. The number of halogens is 1. The van der Waals surface area contributed by atoms with Crippen molar-refractivity contribution in [3.63, 3.8) is 0 Å². The zero-order valence-electron chi connectivity index (χ0n) is 21.8. The van der Waals surface area contributed by atoms with E-state index >= 15 is 0 Å². The lowest BCUT2D eigenvalue weighted by Gasteiger charge is -2.43. The van der Waals surface area contributed by atoms with Gasteiger partial charge in [0.15, 0.2) is 0 Å². The number of likely N-dealkylation sites (tertiary alicyclic amines) is 1. The number of fused-ring (bicyclic) bond motifs is 2. The van der Waals surface area contributed by atoms with Crippen molar-refractivity contribution in [3.05, 3.63) is 53.6 Å². The molecule has 196 valence electrons. The number of rotatable bonds is 5. The Bertz CT molecular complexity index is 1030. The van der Waals surface area contributed by atoms with E-state index in [-0.39, 0.29) is 41.8 Å². The van der Waals surface area contributed by atoms with Crippen molar-refractivity contribution in [1.29, 1.82) is 0 Å². The van der Waals surface area contributed by atoms with Crippen LogP contribution < -0.4 is 38.8 Å². The van der Waals surface area contributed by atoms with Crippen LogP contribution in [-0.2, 0) is 4.79 Å². The highest BCUT2D eigenvalue weighted by molar-refractivity contribution is 5.90. The number of para-hydroxylation sites is 1. The third kappa shape index (κ3) is 6.18. The number of ether oxygens (including phenoxy) is 2. The molecule has 2 aromatic rings. The summed E-state index contributed by atoms with van der Waals surface area (Å²) in [6.07, 6.45) is 12.0. The van der Waals surface area contributed by atoms with Crippen LogP contribution in [-0.4, -0.2) is 50.2 Å². The van der Waals surface area contributed by atoms with Crippen LogP contribution in [0.15, 0.2) is 42.5 Å². The van der Waals surface area contributed by atoms with Gasteiger partial charge in [-0.3, -0.25) is 4.79 Å². The smallest absolute Gasteiger partial charge is 0.232 e. The van der Waals surface area contributed by atoms with Crippen molar-refractivity contribution >= 4 is 5.91 Å². The van der Waals surface area contributed by atoms with Crippen molar-refractivity contribution in [1.82, 2.24) is 5.32 Å². The number of carbonyl (C=O) groups excluding carboxylic acids is 1. The average molecular weight is 605 g/mol. The number of hydrogen-bond acceptors (Lipinski definition) is 3. The van der Waals surface area contributed by atoms with Crippen LogP contribution in [0.2, 0.25) is 0 Å². The van der Waals surface area contributed by atoms with E-state index in [1.807, 2.05) is 42.5 Å². The zero-order chi connectivity index (χ0) is 24.3. The third-order valence-corrected chi connectivity index (χ3v) is 8.55. The molecule has 2 aliphatic heterocycles. The summed E-state index contributed by atoms with van der Waals surface area (Å²) in [5.74, 6) is 2.78. The number of methoxy groups -OCH3 is 1. The first-order valence-corrected chi connectivity index (χ1v) is 13.6. The Kier molecular flexibility index (Phi) is 9.20. The molecule has 2 fully saturated rings. The van der Waals surface area contributed by atoms with Gasteiger partial charge in [0.1, 0.15) is 17.2 Å². The largest absolute Gasteiger partial charge is 1.00 e. The van der Waals surface area contributed by atoms with Gasteiger partial charge < -0.3 is 43.3 Å². The van der Waals surface area contributed by atoms with Crippen LogP contribution in [0.4, 0.5) is 0 Å². The zero-order valence-corrected chi connectivity index (χ0v) is 24.0. The number of benzene rings is 2. The highest BCUT2D eigenvalue weighted by Crippen LogP contribution is 2.45. The van der Waals surface area contributed by atoms with Gasteiger partial charge in [-0.05, 0) is 25.0 Å². The quantitative estimate of drug-likeness (QED) is 0.422. The van der Waals surface area contributed by atoms with Crippen molar-refractivity contribution in [2.75, 3.05) is 33.8 Å². The Balaban J connectivity index is 0.00000304. The fourth-order valence-corrected chi connectivity index (χ4v) is 6.50. The number of nitrogens with zero attached hydrogens (tertiary/aromatic N) is 1. The first-order chi connectivity index (χ1) is 17.0. The number of nitrogens with one attached hydrogen (secondary N) is 1. The molecule has 5 rings (SSSR count). The molecule has 6 heteroatoms. The molecule has 1 N–H and O–H groups in total. The summed E-state index contributed by atoms with van der Waals surface area (Å²) in [5, 5.41) is 3.42. The number of hydrogen-bond donors (Lipinski definition) is 1. The van der Waals surface area contributed by atoms with Crippen LogP contribution in [0.1, 0.15) is 74.8 Å². The second-order valence-electron chi connectivity index (χ2n) is 11.2. The molecule has 1 saturated heterocycles. The first kappa shape index (κ1) is 27.2. The molecule has 3 aliphatic rings. The van der Waals surface area contributed by atoms with Gasteiger partial charge in [0.25, 0.3) is 0 Å². The van der Waals surface area contributed by atoms with E-state index in [0.29, 0.717) is 5.75 Å². The molecule has 1 unspecified atom stereocenters. The molecule has 1 atom stereocenters. The lowest BCUT2D eigenvalue weighted by molar-refractivity contribution is -0.917. The predicted octanol–water partition coefficient (Wildman–Crippen LogP) is 3.02. The fourth-order valence-electron chi connectivity index (χ4n) is 6.50. The SMILES string of the molecule is COc1ccc2c(c1)Oc1ccccc1C2C(=O)NC1CC[N+](C)(CC2CCCCCCC2)CC1.[I-]. The van der Waals surface area contributed by atoms with Crippen LogP contribution in [0, 0.1) is 5.92 Å². The summed E-state index contributed by atoms with van der Waals surface area (Å²) in [4.78, 5) is 13.7. The predicted molar refractivity (Wildman–Crippen MR) is 139 cm³/mol. The molecule has 0 radical (unpaired) electrons. The monoisotopic (exact) mass is 604 g/mol. The van der Waals surface area contributed by atoms with Crippen molar-refractivity contribution < 1.29 is 42.7 Å². The van der Waals surface area contributed by atoms with Gasteiger partial charge in [-0.15, -0.1) is 0 Å². The number of quaternary nitrogens is 1. The molecule has 0 aromatic heterocycles. The highest BCUT2D eigenvalue weighted by Gasteiger charge is 2.37. The molecule has 0 spiro atoms. The molecule has 2 heterocycles. The maximum Gasteiger partial charge on any atom is 0.232 e. The van der Waals surface area contributed by atoms with Gasteiger partial charge >= 0.3 is 0 Å². The molecule has 1 amide bonds. The summed E-state index contributed by atoms with van der Waals surface area (Å²) < 4.78 is 12.7. The van der Waals surface area contributed by atoms with Gasteiger partial charge in [-0.25, -0.2) is 0 Å². The van der Waals surface area contributed by atoms with E-state index in [9.17, 15) is 4.79 Å². The van der Waals surface area contributed by atoms with Gasteiger partial charge in [0, 0.05) is 42.0 Å². The summed E-state index contributed by atoms with van der Waals surface area (Å²) in [5.41, 5.74) is 1.84. The summed E-state index contributed by atoms with van der Waals surface area (Å²) in [6.45, 7) is 3.61. The van der Waals surface area contributed by atoms with Gasteiger partial charge in [0.05, 0.1) is 39.7 Å². The van der Waals surface area contributed by atoms with Crippen molar-refractivity contribution in [3.8, 4) is 17.2 Å². The van der Waals surface area contributed by atoms with E-state index in [4.69, 9.17) is 9.47 Å². The van der Waals surface area contributed by atoms with Crippen LogP contribution >= 0.6 is 0 Å². The van der Waals surface area contributed by atoms with E-state index in [1.54, 1.807) is 7.11 Å². The normalized spacial score (nSPS) is 26.2. The van der Waals surface area contributed by atoms with Crippen LogP contribution in [0.5, 0.6) is 17.2 Å². The lowest BCUT2D eigenvalue weighted by Crippen LogP contribution is -3.00. The Labute approximate surface area is 233 Å². The molecule has 5 nitrogen and oxygen atoms in total. The Morgan fingerprint density at radius 1 is 0.944 bits per heavy atom. The lowest BCUT2D eigenvalue weighted by atomic mass is 9.86. The van der Waals surface area contributed by atoms with Gasteiger partial charge in [0.2, 0.25) is 5.91 Å². The molecule has 1 saturated carbocycles. The average Bonchev–Trinajstić information content (AvgIpc) is 2.85. The van der Waals surface area contributed by atoms with E-state index in [2.05, 4.69) is 12.4 Å². The Morgan fingerprint density at radius 2 is 1.61 bits per heavy atom.